The summed E-state index contributed by atoms with van der Waals surface area (Å²) in [5, 5.41) is 24.8. The third-order valence-electron chi connectivity index (χ3n) is 14.8. The summed E-state index contributed by atoms with van der Waals surface area (Å²) in [6, 6.07) is 25.2. The average molecular weight is 869 g/mol. The number of ether oxygens (including phenoxy) is 4. The molecule has 0 amide bonds. The Labute approximate surface area is 385 Å². The molecule has 0 bridgehead atoms. The minimum Gasteiger partial charge on any atom is -0.507 e. The number of phenols is 2. The number of hydrogen-bond donors (Lipinski definition) is 2. The van der Waals surface area contributed by atoms with Gasteiger partial charge < -0.3 is 29.2 Å². The van der Waals surface area contributed by atoms with Gasteiger partial charge in [0.05, 0.1) is 27.4 Å². The lowest BCUT2D eigenvalue weighted by atomic mass is 9.76. The lowest BCUT2D eigenvalue weighted by molar-refractivity contribution is 0.248. The molecule has 0 heterocycles. The van der Waals surface area contributed by atoms with Crippen LogP contribution in [0.1, 0.15) is 113 Å². The maximum absolute atomic E-state index is 12.4. The fourth-order valence-corrected chi connectivity index (χ4v) is 11.6. The summed E-state index contributed by atoms with van der Waals surface area (Å²) in [5.41, 5.74) is 21.3. The summed E-state index contributed by atoms with van der Waals surface area (Å²) >= 11 is 0. The molecule has 0 atom stereocenters. The van der Waals surface area contributed by atoms with Gasteiger partial charge in [-0.05, 0) is 244 Å². The Morgan fingerprint density at radius 3 is 1.09 bits per heavy atom. The minimum absolute atomic E-state index is 0.297. The lowest BCUT2D eigenvalue weighted by Crippen LogP contribution is -2.13. The Bertz CT molecular complexity index is 2520. The Morgan fingerprint density at radius 2 is 0.738 bits per heavy atom. The number of phenolic OH excluding ortho intramolecular Hbond substituents is 2. The summed E-state index contributed by atoms with van der Waals surface area (Å²) in [5.74, 6) is 3.36. The van der Waals surface area contributed by atoms with Crippen LogP contribution in [0.3, 0.4) is 0 Å². The molecule has 0 radical (unpaired) electrons. The number of benzene rings is 6. The maximum Gasteiger partial charge on any atom is 0.131 e. The Balaban J connectivity index is 0.926. The van der Waals surface area contributed by atoms with Crippen molar-refractivity contribution in [2.75, 3.05) is 27.4 Å². The number of hydrogen-bond acceptors (Lipinski definition) is 6. The van der Waals surface area contributed by atoms with Gasteiger partial charge in [0, 0.05) is 39.8 Å². The number of aromatic hydroxyl groups is 2. The van der Waals surface area contributed by atoms with Crippen LogP contribution in [-0.2, 0) is 51.4 Å². The monoisotopic (exact) mass is 868 g/mol. The molecule has 4 aliphatic carbocycles. The molecule has 336 valence electrons. The quantitative estimate of drug-likeness (QED) is 0.119. The predicted octanol–water partition coefficient (Wildman–Crippen LogP) is 13.8. The van der Waals surface area contributed by atoms with Crippen LogP contribution < -0.4 is 18.9 Å². The van der Waals surface area contributed by atoms with Crippen molar-refractivity contribution in [1.82, 2.24) is 0 Å². The Hall–Kier alpha value is -5.88. The third kappa shape index (κ3) is 8.34. The Morgan fingerprint density at radius 1 is 0.400 bits per heavy atom. The van der Waals surface area contributed by atoms with Crippen molar-refractivity contribution in [2.24, 2.45) is 0 Å². The van der Waals surface area contributed by atoms with Crippen LogP contribution in [0.2, 0.25) is 0 Å². The van der Waals surface area contributed by atoms with Crippen LogP contribution in [0.5, 0.6) is 34.5 Å². The molecule has 0 unspecified atom stereocenters. The summed E-state index contributed by atoms with van der Waals surface area (Å²) in [6.45, 7) is 5.04. The SMILES string of the molecule is COc1ccc(OCCCOc2ccc(OC)cc2-c2cc(C)cc(-c3c4c(cc5c3CCCC5)CCCC4)c2O)c(-c2cc(C)cc(-c3c4c(cc5c3CCCC5)CCCC4)c2O)c1. The third-order valence-corrected chi connectivity index (χ3v) is 14.8. The van der Waals surface area contributed by atoms with Crippen molar-refractivity contribution in [1.29, 1.82) is 0 Å². The Kier molecular flexibility index (Phi) is 12.3. The van der Waals surface area contributed by atoms with Crippen molar-refractivity contribution in [2.45, 2.75) is 123 Å². The van der Waals surface area contributed by atoms with E-state index in [0.717, 1.165) is 95.9 Å². The van der Waals surface area contributed by atoms with Gasteiger partial charge in [0.25, 0.3) is 0 Å². The second kappa shape index (κ2) is 18.5. The number of aryl methyl sites for hydroxylation is 6. The zero-order valence-corrected chi connectivity index (χ0v) is 38.9. The molecule has 2 N–H and O–H groups in total. The largest absolute Gasteiger partial charge is 0.507 e. The van der Waals surface area contributed by atoms with Gasteiger partial charge in [-0.15, -0.1) is 0 Å². The van der Waals surface area contributed by atoms with E-state index in [1.807, 2.05) is 36.4 Å². The molecule has 0 fully saturated rings. The first-order valence-electron chi connectivity index (χ1n) is 24.4. The van der Waals surface area contributed by atoms with Gasteiger partial charge in [0.1, 0.15) is 34.5 Å². The van der Waals surface area contributed by atoms with Gasteiger partial charge in [0.15, 0.2) is 0 Å². The highest BCUT2D eigenvalue weighted by atomic mass is 16.5. The first-order valence-corrected chi connectivity index (χ1v) is 24.4. The molecular formula is C59H64O6. The predicted molar refractivity (Wildman–Crippen MR) is 263 cm³/mol. The molecular weight excluding hydrogens is 805 g/mol. The van der Waals surface area contributed by atoms with E-state index >= 15 is 0 Å². The second-order valence-corrected chi connectivity index (χ2v) is 19.1. The smallest absolute Gasteiger partial charge is 0.131 e. The van der Waals surface area contributed by atoms with Crippen molar-refractivity contribution in [3.05, 3.63) is 128 Å². The molecule has 6 nitrogen and oxygen atoms in total. The van der Waals surface area contributed by atoms with Gasteiger partial charge in [0.2, 0.25) is 0 Å². The van der Waals surface area contributed by atoms with E-state index in [-0.39, 0.29) is 0 Å². The van der Waals surface area contributed by atoms with E-state index in [4.69, 9.17) is 18.9 Å². The second-order valence-electron chi connectivity index (χ2n) is 19.1. The van der Waals surface area contributed by atoms with Crippen molar-refractivity contribution in [3.63, 3.8) is 0 Å². The number of fused-ring (bicyclic) bond motifs is 4. The van der Waals surface area contributed by atoms with Crippen molar-refractivity contribution in [3.8, 4) is 79.0 Å². The van der Waals surface area contributed by atoms with Crippen LogP contribution in [0.15, 0.2) is 72.8 Å². The molecule has 0 aromatic heterocycles. The highest BCUT2D eigenvalue weighted by molar-refractivity contribution is 5.90. The highest BCUT2D eigenvalue weighted by Crippen LogP contribution is 2.50. The molecule has 6 heteroatoms. The summed E-state index contributed by atoms with van der Waals surface area (Å²) < 4.78 is 24.6. The topological polar surface area (TPSA) is 77.4 Å². The number of methoxy groups -OCH3 is 2. The van der Waals surface area contributed by atoms with Gasteiger partial charge in [-0.3, -0.25) is 0 Å². The van der Waals surface area contributed by atoms with Crippen LogP contribution >= 0.6 is 0 Å². The number of rotatable bonds is 12. The zero-order chi connectivity index (χ0) is 44.6. The fraction of sp³-hybridized carbons (Fsp3) is 0.390. The molecule has 6 aromatic rings. The van der Waals surface area contributed by atoms with E-state index in [9.17, 15) is 10.2 Å². The van der Waals surface area contributed by atoms with Crippen molar-refractivity contribution < 1.29 is 29.2 Å². The first kappa shape index (κ1) is 43.0. The van der Waals surface area contributed by atoms with Crippen LogP contribution in [0.4, 0.5) is 0 Å². The van der Waals surface area contributed by atoms with Gasteiger partial charge in [-0.2, -0.15) is 0 Å². The van der Waals surface area contributed by atoms with E-state index in [2.05, 4.69) is 50.2 Å². The lowest BCUT2D eigenvalue weighted by Gasteiger charge is -2.29. The van der Waals surface area contributed by atoms with Gasteiger partial charge in [-0.25, -0.2) is 0 Å². The molecule has 6 aromatic carbocycles. The molecule has 0 saturated carbocycles. The molecule has 0 aliphatic heterocycles. The van der Waals surface area contributed by atoms with E-state index in [1.54, 1.807) is 14.2 Å². The fourth-order valence-electron chi connectivity index (χ4n) is 11.6. The molecule has 4 aliphatic rings. The van der Waals surface area contributed by atoms with Crippen LogP contribution in [-0.4, -0.2) is 37.6 Å². The van der Waals surface area contributed by atoms with Crippen LogP contribution in [0.25, 0.3) is 44.5 Å². The van der Waals surface area contributed by atoms with Crippen molar-refractivity contribution >= 4 is 0 Å². The maximum atomic E-state index is 12.4. The summed E-state index contributed by atoms with van der Waals surface area (Å²) in [4.78, 5) is 0. The normalized spacial score (nSPS) is 15.3. The van der Waals surface area contributed by atoms with Crippen LogP contribution in [0, 0.1) is 13.8 Å². The molecule has 0 saturated heterocycles. The molecule has 10 rings (SSSR count). The summed E-state index contributed by atoms with van der Waals surface area (Å²) in [6.07, 6.45) is 18.9. The average Bonchev–Trinajstić information content (AvgIpc) is 3.33. The standard InChI is InChI=1S/C59H64O6/c1-36-28-50(58(60)52(30-36)56-44-18-9-5-14-38(44)32-39-15-6-10-19-45(39)56)48-34-42(62-3)22-24-54(48)64-26-13-27-65-55-25-23-43(63-4)35-49(55)51-29-37(2)31-53(59(51)61)57-46-20-11-7-16-40(46)33-41-17-8-12-21-47(41)57/h22-25,28-35,60-61H,5-21,26-27H2,1-4H3. The molecule has 65 heavy (non-hydrogen) atoms. The zero-order valence-electron chi connectivity index (χ0n) is 38.9. The van der Waals surface area contributed by atoms with E-state index in [0.29, 0.717) is 54.1 Å². The first-order chi connectivity index (χ1) is 31.8. The van der Waals surface area contributed by atoms with E-state index in [1.165, 1.54) is 107 Å². The highest BCUT2D eigenvalue weighted by Gasteiger charge is 2.29. The summed E-state index contributed by atoms with van der Waals surface area (Å²) in [7, 11) is 3.35. The molecule has 0 spiro atoms. The van der Waals surface area contributed by atoms with Gasteiger partial charge >= 0.3 is 0 Å². The van der Waals surface area contributed by atoms with Gasteiger partial charge in [-0.1, -0.05) is 12.1 Å². The minimum atomic E-state index is 0.297. The van der Waals surface area contributed by atoms with E-state index < -0.39 is 0 Å².